The number of hydrogen-bond donors (Lipinski definition) is 0. The van der Waals surface area contributed by atoms with E-state index in [1.807, 2.05) is 20.8 Å². The van der Waals surface area contributed by atoms with E-state index in [4.69, 9.17) is 9.47 Å². The molecule has 0 saturated carbocycles. The monoisotopic (exact) mass is 288 g/mol. The van der Waals surface area contributed by atoms with E-state index < -0.39 is 11.9 Å². The number of carbonyl (C=O) groups is 3. The van der Waals surface area contributed by atoms with Crippen LogP contribution >= 0.6 is 0 Å². The molecule has 0 unspecified atom stereocenters. The third-order valence-electron chi connectivity index (χ3n) is 1.73. The zero-order valence-corrected chi connectivity index (χ0v) is 11.9. The first-order valence-electron chi connectivity index (χ1n) is 6.06. The van der Waals surface area contributed by atoms with Crippen molar-refractivity contribution in [2.45, 2.75) is 26.4 Å². The Bertz CT molecular complexity index is 341. The first-order chi connectivity index (χ1) is 9.35. The molecule has 0 aromatic heterocycles. The average Bonchev–Trinajstić information content (AvgIpc) is 2.36. The Hall–Kier alpha value is -1.89. The molecular formula is C13H20O7. The molecular weight excluding hydrogens is 268 g/mol. The molecule has 0 heterocycles. The molecule has 0 atom stereocenters. The van der Waals surface area contributed by atoms with Gasteiger partial charge >= 0.3 is 11.9 Å². The summed E-state index contributed by atoms with van der Waals surface area (Å²) in [5.74, 6) is -1.38. The molecule has 0 amide bonds. The molecule has 0 bridgehead atoms. The Morgan fingerprint density at radius 2 is 1.40 bits per heavy atom. The summed E-state index contributed by atoms with van der Waals surface area (Å²) in [5.41, 5.74) is -0.296. The molecule has 7 nitrogen and oxygen atoms in total. The molecule has 0 aromatic rings. The SMILES string of the molecule is CC(C)(C)OCCOC(=O)/C=C/C(=O)OCCOC=O. The third-order valence-corrected chi connectivity index (χ3v) is 1.73. The number of esters is 2. The van der Waals surface area contributed by atoms with Gasteiger partial charge in [0.15, 0.2) is 0 Å². The van der Waals surface area contributed by atoms with Crippen LogP contribution in [-0.4, -0.2) is 50.4 Å². The summed E-state index contributed by atoms with van der Waals surface area (Å²) in [7, 11) is 0. The predicted molar refractivity (Wildman–Crippen MR) is 68.8 cm³/mol. The average molecular weight is 288 g/mol. The quantitative estimate of drug-likeness (QED) is 0.202. The highest BCUT2D eigenvalue weighted by Gasteiger charge is 2.09. The van der Waals surface area contributed by atoms with Crippen LogP contribution in [0.15, 0.2) is 12.2 Å². The smallest absolute Gasteiger partial charge is 0.331 e. The van der Waals surface area contributed by atoms with Crippen molar-refractivity contribution in [3.8, 4) is 0 Å². The topological polar surface area (TPSA) is 88.1 Å². The molecule has 0 aliphatic heterocycles. The Labute approximate surface area is 117 Å². The lowest BCUT2D eigenvalue weighted by molar-refractivity contribution is -0.143. The Balaban J connectivity index is 3.71. The van der Waals surface area contributed by atoms with Crippen LogP contribution in [0.2, 0.25) is 0 Å². The fourth-order valence-corrected chi connectivity index (χ4v) is 0.961. The normalized spacial score (nSPS) is 11.2. The first-order valence-corrected chi connectivity index (χ1v) is 6.06. The van der Waals surface area contributed by atoms with E-state index in [1.54, 1.807) is 0 Å². The van der Waals surface area contributed by atoms with Crippen molar-refractivity contribution in [1.82, 2.24) is 0 Å². The van der Waals surface area contributed by atoms with Gasteiger partial charge in [0.2, 0.25) is 0 Å². The minimum atomic E-state index is -0.720. The lowest BCUT2D eigenvalue weighted by Crippen LogP contribution is -2.22. The molecule has 0 aliphatic carbocycles. The summed E-state index contributed by atoms with van der Waals surface area (Å²) >= 11 is 0. The molecule has 0 spiro atoms. The lowest BCUT2D eigenvalue weighted by Gasteiger charge is -2.18. The van der Waals surface area contributed by atoms with E-state index in [9.17, 15) is 14.4 Å². The maximum atomic E-state index is 11.2. The Kier molecular flexibility index (Phi) is 9.02. The van der Waals surface area contributed by atoms with Crippen LogP contribution in [0, 0.1) is 0 Å². The van der Waals surface area contributed by atoms with Gasteiger partial charge in [-0.2, -0.15) is 0 Å². The van der Waals surface area contributed by atoms with Crippen molar-refractivity contribution in [3.05, 3.63) is 12.2 Å². The molecule has 0 N–H and O–H groups in total. The van der Waals surface area contributed by atoms with Crippen LogP contribution in [0.3, 0.4) is 0 Å². The number of carbonyl (C=O) groups excluding carboxylic acids is 3. The zero-order valence-electron chi connectivity index (χ0n) is 11.9. The Morgan fingerprint density at radius 3 is 1.85 bits per heavy atom. The number of hydrogen-bond acceptors (Lipinski definition) is 7. The van der Waals surface area contributed by atoms with Gasteiger partial charge in [-0.05, 0) is 20.8 Å². The maximum Gasteiger partial charge on any atom is 0.331 e. The lowest BCUT2D eigenvalue weighted by atomic mass is 10.2. The standard InChI is InChI=1S/C13H20O7/c1-13(2,3)20-9-8-19-12(16)5-4-11(15)18-7-6-17-10-14/h4-5,10H,6-9H2,1-3H3/b5-4+. The molecule has 0 fully saturated rings. The maximum absolute atomic E-state index is 11.2. The summed E-state index contributed by atoms with van der Waals surface area (Å²) in [6, 6.07) is 0. The van der Waals surface area contributed by atoms with Gasteiger partial charge in [-0.15, -0.1) is 0 Å². The molecule has 0 aromatic carbocycles. The second kappa shape index (κ2) is 9.96. The van der Waals surface area contributed by atoms with E-state index in [0.29, 0.717) is 0 Å². The van der Waals surface area contributed by atoms with Crippen molar-refractivity contribution < 1.29 is 33.3 Å². The third kappa shape index (κ3) is 12.6. The fourth-order valence-electron chi connectivity index (χ4n) is 0.961. The highest BCUT2D eigenvalue weighted by atomic mass is 16.6. The summed E-state index contributed by atoms with van der Waals surface area (Å²) in [5, 5.41) is 0. The van der Waals surface area contributed by atoms with Gasteiger partial charge in [-0.1, -0.05) is 0 Å². The van der Waals surface area contributed by atoms with E-state index in [0.717, 1.165) is 12.2 Å². The highest BCUT2D eigenvalue weighted by molar-refractivity contribution is 5.91. The van der Waals surface area contributed by atoms with Crippen LogP contribution in [0.25, 0.3) is 0 Å². The molecule has 0 radical (unpaired) electrons. The minimum absolute atomic E-state index is 0.0301. The van der Waals surface area contributed by atoms with Crippen LogP contribution in [0.4, 0.5) is 0 Å². The van der Waals surface area contributed by atoms with Crippen molar-refractivity contribution in [3.63, 3.8) is 0 Å². The van der Waals surface area contributed by atoms with E-state index in [-0.39, 0.29) is 38.5 Å². The van der Waals surface area contributed by atoms with Gasteiger partial charge in [-0.3, -0.25) is 4.79 Å². The predicted octanol–water partition coefficient (Wildman–Crippen LogP) is 0.617. The van der Waals surface area contributed by atoms with E-state index in [2.05, 4.69) is 9.47 Å². The van der Waals surface area contributed by atoms with Gasteiger partial charge in [0.05, 0.1) is 12.2 Å². The highest BCUT2D eigenvalue weighted by Crippen LogP contribution is 2.05. The first kappa shape index (κ1) is 18.1. The van der Waals surface area contributed by atoms with Crippen molar-refractivity contribution in [2.24, 2.45) is 0 Å². The second-order valence-corrected chi connectivity index (χ2v) is 4.60. The Morgan fingerprint density at radius 1 is 0.900 bits per heavy atom. The van der Waals surface area contributed by atoms with Crippen LogP contribution in [0.1, 0.15) is 20.8 Å². The summed E-state index contributed by atoms with van der Waals surface area (Å²) in [6.45, 7) is 6.19. The summed E-state index contributed by atoms with van der Waals surface area (Å²) < 4.78 is 19.1. The van der Waals surface area contributed by atoms with Crippen LogP contribution in [0.5, 0.6) is 0 Å². The number of ether oxygens (including phenoxy) is 4. The minimum Gasteiger partial charge on any atom is -0.464 e. The van der Waals surface area contributed by atoms with Gasteiger partial charge in [-0.25, -0.2) is 9.59 Å². The van der Waals surface area contributed by atoms with E-state index >= 15 is 0 Å². The van der Waals surface area contributed by atoms with Gasteiger partial charge < -0.3 is 18.9 Å². The van der Waals surface area contributed by atoms with Crippen LogP contribution < -0.4 is 0 Å². The summed E-state index contributed by atoms with van der Waals surface area (Å²) in [4.78, 5) is 32.1. The largest absolute Gasteiger partial charge is 0.464 e. The fraction of sp³-hybridized carbons (Fsp3) is 0.615. The number of rotatable bonds is 9. The van der Waals surface area contributed by atoms with Gasteiger partial charge in [0.1, 0.15) is 19.8 Å². The molecule has 0 saturated heterocycles. The van der Waals surface area contributed by atoms with Gasteiger partial charge in [0, 0.05) is 12.2 Å². The second-order valence-electron chi connectivity index (χ2n) is 4.60. The molecule has 114 valence electrons. The summed E-state index contributed by atoms with van der Waals surface area (Å²) in [6.07, 6.45) is 1.90. The van der Waals surface area contributed by atoms with Crippen molar-refractivity contribution in [1.29, 1.82) is 0 Å². The van der Waals surface area contributed by atoms with Crippen LogP contribution in [-0.2, 0) is 33.3 Å². The zero-order chi connectivity index (χ0) is 15.4. The van der Waals surface area contributed by atoms with Gasteiger partial charge in [0.25, 0.3) is 6.47 Å². The molecule has 0 rings (SSSR count). The van der Waals surface area contributed by atoms with Crippen molar-refractivity contribution >= 4 is 18.4 Å². The van der Waals surface area contributed by atoms with E-state index in [1.165, 1.54) is 0 Å². The molecule has 7 heteroatoms. The molecule has 0 aliphatic rings. The molecule has 20 heavy (non-hydrogen) atoms. The van der Waals surface area contributed by atoms with Crippen molar-refractivity contribution in [2.75, 3.05) is 26.4 Å².